The van der Waals surface area contributed by atoms with Crippen LogP contribution >= 0.6 is 0 Å². The van der Waals surface area contributed by atoms with Gasteiger partial charge in [-0.1, -0.05) is 5.16 Å². The van der Waals surface area contributed by atoms with Crippen LogP contribution in [0.4, 0.5) is 13.2 Å². The van der Waals surface area contributed by atoms with E-state index in [-0.39, 0.29) is 6.08 Å². The van der Waals surface area contributed by atoms with E-state index < -0.39 is 6.18 Å². The summed E-state index contributed by atoms with van der Waals surface area (Å²) < 4.78 is 33.7. The van der Waals surface area contributed by atoms with Gasteiger partial charge in [-0.3, -0.25) is 0 Å². The molecular formula is C4H5F3N2O. The first-order valence-electron chi connectivity index (χ1n) is 2.20. The molecule has 58 valence electrons. The van der Waals surface area contributed by atoms with Crippen molar-refractivity contribution in [3.63, 3.8) is 0 Å². The molecule has 0 rings (SSSR count). The van der Waals surface area contributed by atoms with Crippen molar-refractivity contribution in [2.75, 3.05) is 0 Å². The Bertz CT molecular complexity index is 140. The fourth-order valence-electron chi connectivity index (χ4n) is 0.178. The predicted molar refractivity (Wildman–Crippen MR) is 29.0 cm³/mol. The minimum atomic E-state index is -4.37. The lowest BCUT2D eigenvalue weighted by Gasteiger charge is -1.94. The maximum atomic E-state index is 11.2. The summed E-state index contributed by atoms with van der Waals surface area (Å²) in [5.74, 6) is 0. The van der Waals surface area contributed by atoms with Gasteiger partial charge in [0, 0.05) is 0 Å². The van der Waals surface area contributed by atoms with Crippen molar-refractivity contribution in [1.29, 1.82) is 0 Å². The average Bonchev–Trinajstić information content (AvgIpc) is 1.78. The summed E-state index contributed by atoms with van der Waals surface area (Å²) in [6, 6.07) is 0. The van der Waals surface area contributed by atoms with Crippen LogP contribution in [0.3, 0.4) is 0 Å². The third-order valence-electron chi connectivity index (χ3n) is 0.440. The Morgan fingerprint density at radius 2 is 2.00 bits per heavy atom. The van der Waals surface area contributed by atoms with E-state index in [0.717, 1.165) is 6.34 Å². The molecule has 0 aromatic rings. The third kappa shape index (κ3) is 6.80. The Morgan fingerprint density at radius 3 is 2.40 bits per heavy atom. The highest BCUT2D eigenvalue weighted by Gasteiger charge is 2.22. The maximum Gasteiger partial charge on any atom is 0.412 e. The first-order chi connectivity index (χ1) is 4.56. The zero-order chi connectivity index (χ0) is 8.04. The van der Waals surface area contributed by atoms with Crippen molar-refractivity contribution in [2.24, 2.45) is 10.9 Å². The van der Waals surface area contributed by atoms with E-state index >= 15 is 0 Å². The number of nitrogens with two attached hydrogens (primary N) is 1. The molecule has 0 bridgehead atoms. The summed E-state index contributed by atoms with van der Waals surface area (Å²) >= 11 is 0. The summed E-state index contributed by atoms with van der Waals surface area (Å²) in [6.45, 7) is 0. The van der Waals surface area contributed by atoms with E-state index in [0.29, 0.717) is 6.26 Å². The zero-order valence-corrected chi connectivity index (χ0v) is 4.80. The van der Waals surface area contributed by atoms with Crippen molar-refractivity contribution < 1.29 is 18.0 Å². The van der Waals surface area contributed by atoms with E-state index in [4.69, 9.17) is 0 Å². The van der Waals surface area contributed by atoms with Crippen LogP contribution in [0.15, 0.2) is 17.5 Å². The zero-order valence-electron chi connectivity index (χ0n) is 4.80. The minimum absolute atomic E-state index is 0.0972. The molecule has 0 saturated carbocycles. The topological polar surface area (TPSA) is 47.6 Å². The Hall–Kier alpha value is -1.20. The highest BCUT2D eigenvalue weighted by Crippen LogP contribution is 2.15. The van der Waals surface area contributed by atoms with Crippen molar-refractivity contribution >= 4 is 6.34 Å². The highest BCUT2D eigenvalue weighted by atomic mass is 19.4. The van der Waals surface area contributed by atoms with Crippen LogP contribution in [-0.4, -0.2) is 12.5 Å². The van der Waals surface area contributed by atoms with Crippen LogP contribution in [0, 0.1) is 0 Å². The smallest absolute Gasteiger partial charge is 0.387 e. The fourth-order valence-corrected chi connectivity index (χ4v) is 0.178. The summed E-state index contributed by atoms with van der Waals surface area (Å²) in [5, 5.41) is 2.84. The van der Waals surface area contributed by atoms with Crippen LogP contribution in [0.1, 0.15) is 0 Å². The molecule has 0 amide bonds. The number of allylic oxidation sites excluding steroid dienone is 1. The molecule has 0 aliphatic carbocycles. The van der Waals surface area contributed by atoms with E-state index in [1.165, 1.54) is 0 Å². The van der Waals surface area contributed by atoms with Gasteiger partial charge in [0.05, 0.1) is 6.08 Å². The number of alkyl halides is 3. The molecule has 0 aliphatic rings. The van der Waals surface area contributed by atoms with Gasteiger partial charge < -0.3 is 10.6 Å². The second kappa shape index (κ2) is 3.76. The van der Waals surface area contributed by atoms with Gasteiger partial charge in [-0.15, -0.1) is 0 Å². The van der Waals surface area contributed by atoms with Gasteiger partial charge in [0.2, 0.25) is 0 Å². The molecular weight excluding hydrogens is 149 g/mol. The van der Waals surface area contributed by atoms with Crippen LogP contribution < -0.4 is 5.73 Å². The van der Waals surface area contributed by atoms with E-state index in [9.17, 15) is 13.2 Å². The lowest BCUT2D eigenvalue weighted by molar-refractivity contribution is -0.0816. The minimum Gasteiger partial charge on any atom is -0.387 e. The van der Waals surface area contributed by atoms with Crippen molar-refractivity contribution in [1.82, 2.24) is 0 Å². The number of oxime groups is 1. The van der Waals surface area contributed by atoms with Crippen molar-refractivity contribution in [2.45, 2.75) is 6.18 Å². The number of halogens is 3. The molecule has 0 aromatic heterocycles. The highest BCUT2D eigenvalue weighted by molar-refractivity contribution is 5.50. The fraction of sp³-hybridized carbons (Fsp3) is 0.250. The van der Waals surface area contributed by atoms with Gasteiger partial charge in [0.25, 0.3) is 0 Å². The number of hydrogen-bond acceptors (Lipinski definition) is 2. The van der Waals surface area contributed by atoms with Crippen LogP contribution in [-0.2, 0) is 4.84 Å². The predicted octanol–water partition coefficient (Wildman–Crippen LogP) is 0.981. The van der Waals surface area contributed by atoms with Crippen molar-refractivity contribution in [3.05, 3.63) is 12.3 Å². The van der Waals surface area contributed by atoms with Gasteiger partial charge in [0.15, 0.2) is 0 Å². The van der Waals surface area contributed by atoms with E-state index in [1.807, 2.05) is 0 Å². The molecule has 0 radical (unpaired) electrons. The molecule has 3 nitrogen and oxygen atoms in total. The second-order valence-electron chi connectivity index (χ2n) is 1.20. The summed E-state index contributed by atoms with van der Waals surface area (Å²) in [6.07, 6.45) is -3.34. The molecule has 0 aliphatic heterocycles. The molecule has 0 unspecified atom stereocenters. The Labute approximate surface area is 54.9 Å². The Balaban J connectivity index is 3.56. The van der Waals surface area contributed by atoms with Gasteiger partial charge in [-0.25, -0.2) is 0 Å². The van der Waals surface area contributed by atoms with Crippen LogP contribution in [0.2, 0.25) is 0 Å². The molecule has 6 heteroatoms. The molecule has 0 aromatic carbocycles. The third-order valence-corrected chi connectivity index (χ3v) is 0.440. The maximum absolute atomic E-state index is 11.2. The normalized spacial score (nSPS) is 13.1. The van der Waals surface area contributed by atoms with Gasteiger partial charge >= 0.3 is 6.18 Å². The molecule has 2 N–H and O–H groups in total. The SMILES string of the molecule is N/C=N/O/C=C/C(F)(F)F. The first kappa shape index (κ1) is 8.80. The largest absolute Gasteiger partial charge is 0.412 e. The van der Waals surface area contributed by atoms with E-state index in [1.54, 1.807) is 0 Å². The quantitative estimate of drug-likeness (QED) is 0.279. The molecule has 0 atom stereocenters. The van der Waals surface area contributed by atoms with Gasteiger partial charge in [-0.05, 0) is 0 Å². The average molecular weight is 154 g/mol. The summed E-state index contributed by atoms with van der Waals surface area (Å²) in [4.78, 5) is 3.90. The molecule has 0 heterocycles. The monoisotopic (exact) mass is 154 g/mol. The Kier molecular flexibility index (Phi) is 3.30. The van der Waals surface area contributed by atoms with Crippen LogP contribution in [0.25, 0.3) is 0 Å². The lowest BCUT2D eigenvalue weighted by atomic mass is 10.6. The molecule has 0 saturated heterocycles. The Morgan fingerprint density at radius 1 is 1.40 bits per heavy atom. The van der Waals surface area contributed by atoms with Gasteiger partial charge in [0.1, 0.15) is 12.6 Å². The first-order valence-corrected chi connectivity index (χ1v) is 2.20. The summed E-state index contributed by atoms with van der Waals surface area (Å²) in [7, 11) is 0. The summed E-state index contributed by atoms with van der Waals surface area (Å²) in [5.41, 5.74) is 4.65. The molecule has 10 heavy (non-hydrogen) atoms. The lowest BCUT2D eigenvalue weighted by Crippen LogP contribution is -2.00. The molecule has 0 fully saturated rings. The number of hydrogen-bond donors (Lipinski definition) is 1. The van der Waals surface area contributed by atoms with Crippen LogP contribution in [0.5, 0.6) is 0 Å². The van der Waals surface area contributed by atoms with E-state index in [2.05, 4.69) is 15.7 Å². The molecule has 0 spiro atoms. The standard InChI is InChI=1S/C4H5F3N2O/c5-4(6,7)1-2-10-9-3-8/h1-3H,(H2,8,9)/b2-1+. The number of rotatable bonds is 2. The second-order valence-corrected chi connectivity index (χ2v) is 1.20. The van der Waals surface area contributed by atoms with Crippen molar-refractivity contribution in [3.8, 4) is 0 Å². The van der Waals surface area contributed by atoms with Gasteiger partial charge in [-0.2, -0.15) is 13.2 Å². The number of nitrogens with zero attached hydrogens (tertiary/aromatic N) is 1.